The zero-order valence-corrected chi connectivity index (χ0v) is 13.4. The van der Waals surface area contributed by atoms with Crippen LogP contribution >= 0.6 is 0 Å². The number of pyridine rings is 1. The molecule has 6 heteroatoms. The number of rotatable bonds is 3. The molecule has 3 aromatic rings. The number of nitrogens with zero attached hydrogens (tertiary/aromatic N) is 4. The van der Waals surface area contributed by atoms with Crippen LogP contribution in [0.25, 0.3) is 16.4 Å². The summed E-state index contributed by atoms with van der Waals surface area (Å²) in [5.41, 5.74) is 0.645. The second kappa shape index (κ2) is 6.22. The molecule has 0 atom stereocenters. The average Bonchev–Trinajstić information content (AvgIpc) is 2.62. The minimum absolute atomic E-state index is 0.0569. The second-order valence-corrected chi connectivity index (χ2v) is 6.10. The van der Waals surface area contributed by atoms with Gasteiger partial charge in [-0.05, 0) is 11.5 Å². The molecule has 0 bridgehead atoms. The topological polar surface area (TPSA) is 61.1 Å². The summed E-state index contributed by atoms with van der Waals surface area (Å²) in [6.07, 6.45) is 1.79. The monoisotopic (exact) mass is 324 g/mol. The van der Waals surface area contributed by atoms with E-state index < -0.39 is 0 Å². The Bertz CT molecular complexity index is 929. The molecule has 0 amide bonds. The molecule has 1 fully saturated rings. The molecule has 124 valence electrons. The Labute approximate surface area is 139 Å². The molecule has 1 saturated heterocycles. The van der Waals surface area contributed by atoms with Crippen molar-refractivity contribution < 1.29 is 5.11 Å². The van der Waals surface area contributed by atoms with E-state index >= 15 is 0 Å². The third-order valence-corrected chi connectivity index (χ3v) is 4.66. The molecule has 4 rings (SSSR count). The van der Waals surface area contributed by atoms with Gasteiger partial charge in [0.15, 0.2) is 0 Å². The lowest BCUT2D eigenvalue weighted by Crippen LogP contribution is -2.47. The summed E-state index contributed by atoms with van der Waals surface area (Å²) < 4.78 is 1.61. The molecule has 1 aliphatic rings. The predicted octanol–water partition coefficient (Wildman–Crippen LogP) is 0.962. The summed E-state index contributed by atoms with van der Waals surface area (Å²) in [7, 11) is 0. The molecule has 0 radical (unpaired) electrons. The summed E-state index contributed by atoms with van der Waals surface area (Å²) in [5, 5.41) is 11.1. The maximum absolute atomic E-state index is 12.5. The van der Waals surface area contributed by atoms with Crippen molar-refractivity contribution in [1.82, 2.24) is 14.3 Å². The smallest absolute Gasteiger partial charge is 0.259 e. The summed E-state index contributed by atoms with van der Waals surface area (Å²) in [6, 6.07) is 11.5. The van der Waals surface area contributed by atoms with Crippen LogP contribution < -0.4 is 10.5 Å². The summed E-state index contributed by atoms with van der Waals surface area (Å²) >= 11 is 0. The van der Waals surface area contributed by atoms with Crippen LogP contribution in [0.1, 0.15) is 0 Å². The number of β-amino-alcohol motifs (C(OH)–C–C–N with tert-alkyl or cyclic N) is 1. The second-order valence-electron chi connectivity index (χ2n) is 6.10. The molecule has 0 saturated carbocycles. The third-order valence-electron chi connectivity index (χ3n) is 4.66. The van der Waals surface area contributed by atoms with E-state index in [1.807, 2.05) is 30.3 Å². The highest BCUT2D eigenvalue weighted by Crippen LogP contribution is 2.20. The lowest BCUT2D eigenvalue weighted by atomic mass is 10.1. The van der Waals surface area contributed by atoms with Crippen molar-refractivity contribution in [2.24, 2.45) is 0 Å². The fourth-order valence-corrected chi connectivity index (χ4v) is 3.32. The molecular weight excluding hydrogens is 304 g/mol. The van der Waals surface area contributed by atoms with Crippen LogP contribution in [-0.2, 0) is 0 Å². The molecular formula is C18H20N4O2. The van der Waals surface area contributed by atoms with Gasteiger partial charge >= 0.3 is 0 Å². The molecule has 3 heterocycles. The Balaban J connectivity index is 1.75. The number of aliphatic hydroxyl groups is 1. The third kappa shape index (κ3) is 2.64. The van der Waals surface area contributed by atoms with E-state index in [2.05, 4.69) is 9.80 Å². The molecule has 0 aliphatic carbocycles. The molecule has 24 heavy (non-hydrogen) atoms. The highest BCUT2D eigenvalue weighted by atomic mass is 16.3. The van der Waals surface area contributed by atoms with E-state index in [0.29, 0.717) is 12.2 Å². The fourth-order valence-electron chi connectivity index (χ4n) is 3.32. The number of hydrogen-bond donors (Lipinski definition) is 1. The summed E-state index contributed by atoms with van der Waals surface area (Å²) in [4.78, 5) is 21.7. The minimum atomic E-state index is -0.0569. The Kier molecular flexibility index (Phi) is 3.92. The average molecular weight is 324 g/mol. The van der Waals surface area contributed by atoms with Crippen molar-refractivity contribution in [1.29, 1.82) is 0 Å². The van der Waals surface area contributed by atoms with Gasteiger partial charge in [0, 0.05) is 50.4 Å². The van der Waals surface area contributed by atoms with Gasteiger partial charge in [0.25, 0.3) is 5.56 Å². The number of aliphatic hydroxyl groups excluding tert-OH is 1. The van der Waals surface area contributed by atoms with Crippen LogP contribution in [0.15, 0.2) is 47.4 Å². The van der Waals surface area contributed by atoms with Crippen LogP contribution in [-0.4, -0.2) is 58.7 Å². The maximum Gasteiger partial charge on any atom is 0.259 e. The fraction of sp³-hybridized carbons (Fsp3) is 0.333. The van der Waals surface area contributed by atoms with Crippen molar-refractivity contribution in [2.75, 3.05) is 44.2 Å². The largest absolute Gasteiger partial charge is 0.395 e. The van der Waals surface area contributed by atoms with Crippen LogP contribution in [0.5, 0.6) is 0 Å². The van der Waals surface area contributed by atoms with Gasteiger partial charge < -0.3 is 10.0 Å². The lowest BCUT2D eigenvalue weighted by Gasteiger charge is -2.35. The van der Waals surface area contributed by atoms with Gasteiger partial charge in [-0.1, -0.05) is 24.3 Å². The standard InChI is InChI=1S/C18H20N4O2/c23-12-11-20-7-9-21(10-8-20)16-13-17(24)22-6-5-14-3-1-2-4-15(14)18(22)19-16/h1-6,13,23H,7-12H2. The van der Waals surface area contributed by atoms with E-state index in [1.54, 1.807) is 16.7 Å². The van der Waals surface area contributed by atoms with E-state index in [9.17, 15) is 4.79 Å². The number of piperazine rings is 1. The Hall–Kier alpha value is -2.44. The van der Waals surface area contributed by atoms with Crippen molar-refractivity contribution in [3.63, 3.8) is 0 Å². The lowest BCUT2D eigenvalue weighted by molar-refractivity contribution is 0.188. The van der Waals surface area contributed by atoms with Gasteiger partial charge in [-0.2, -0.15) is 0 Å². The first kappa shape index (κ1) is 15.1. The molecule has 1 aliphatic heterocycles. The molecule has 1 aromatic carbocycles. The van der Waals surface area contributed by atoms with Crippen molar-refractivity contribution in [3.05, 3.63) is 52.9 Å². The van der Waals surface area contributed by atoms with E-state index in [-0.39, 0.29) is 12.2 Å². The maximum atomic E-state index is 12.5. The number of fused-ring (bicyclic) bond motifs is 3. The van der Waals surface area contributed by atoms with Crippen LogP contribution in [0, 0.1) is 0 Å². The van der Waals surface area contributed by atoms with Crippen LogP contribution in [0.2, 0.25) is 0 Å². The van der Waals surface area contributed by atoms with Gasteiger partial charge in [0.2, 0.25) is 0 Å². The Morgan fingerprint density at radius 3 is 2.67 bits per heavy atom. The van der Waals surface area contributed by atoms with Gasteiger partial charge in [-0.25, -0.2) is 4.98 Å². The molecule has 0 spiro atoms. The van der Waals surface area contributed by atoms with E-state index in [4.69, 9.17) is 10.1 Å². The Morgan fingerprint density at radius 1 is 1.08 bits per heavy atom. The predicted molar refractivity (Wildman–Crippen MR) is 94.7 cm³/mol. The zero-order valence-electron chi connectivity index (χ0n) is 13.4. The number of benzene rings is 1. The quantitative estimate of drug-likeness (QED) is 0.727. The van der Waals surface area contributed by atoms with Gasteiger partial charge in [0.05, 0.1) is 6.61 Å². The van der Waals surface area contributed by atoms with Gasteiger partial charge in [-0.3, -0.25) is 14.1 Å². The van der Waals surface area contributed by atoms with Crippen LogP contribution in [0.4, 0.5) is 5.82 Å². The first-order valence-corrected chi connectivity index (χ1v) is 8.25. The zero-order chi connectivity index (χ0) is 16.5. The number of hydrogen-bond acceptors (Lipinski definition) is 5. The van der Waals surface area contributed by atoms with Crippen molar-refractivity contribution in [2.45, 2.75) is 0 Å². The van der Waals surface area contributed by atoms with Crippen molar-refractivity contribution in [3.8, 4) is 0 Å². The highest BCUT2D eigenvalue weighted by Gasteiger charge is 2.18. The molecule has 1 N–H and O–H groups in total. The summed E-state index contributed by atoms with van der Waals surface area (Å²) in [6.45, 7) is 4.25. The van der Waals surface area contributed by atoms with E-state index in [0.717, 1.165) is 42.8 Å². The van der Waals surface area contributed by atoms with Gasteiger partial charge in [0.1, 0.15) is 11.5 Å². The summed E-state index contributed by atoms with van der Waals surface area (Å²) in [5.74, 6) is 0.736. The molecule has 0 unspecified atom stereocenters. The molecule has 2 aromatic heterocycles. The molecule has 6 nitrogen and oxygen atoms in total. The van der Waals surface area contributed by atoms with Crippen molar-refractivity contribution >= 4 is 22.2 Å². The van der Waals surface area contributed by atoms with Crippen LogP contribution in [0.3, 0.4) is 0 Å². The normalized spacial score (nSPS) is 16.1. The number of anilines is 1. The first-order chi connectivity index (χ1) is 11.8. The minimum Gasteiger partial charge on any atom is -0.395 e. The SMILES string of the molecule is O=c1cc(N2CCN(CCO)CC2)nc2c3ccccc3ccn12. The van der Waals surface area contributed by atoms with Gasteiger partial charge in [-0.15, -0.1) is 0 Å². The van der Waals surface area contributed by atoms with E-state index in [1.165, 1.54) is 0 Å². The first-order valence-electron chi connectivity index (χ1n) is 8.25. The number of aromatic nitrogens is 2. The highest BCUT2D eigenvalue weighted by molar-refractivity contribution is 5.94. The Morgan fingerprint density at radius 2 is 1.88 bits per heavy atom.